The van der Waals surface area contributed by atoms with E-state index in [0.29, 0.717) is 41.7 Å². The van der Waals surface area contributed by atoms with Crippen LogP contribution in [0, 0.1) is 6.92 Å². The lowest BCUT2D eigenvalue weighted by Crippen LogP contribution is -2.23. The molecule has 0 aromatic carbocycles. The molecule has 0 bridgehead atoms. The van der Waals surface area contributed by atoms with E-state index in [2.05, 4.69) is 20.2 Å². The van der Waals surface area contributed by atoms with Crippen molar-refractivity contribution in [1.82, 2.24) is 19.7 Å². The van der Waals surface area contributed by atoms with E-state index in [1.807, 2.05) is 6.92 Å². The number of fused-ring (bicyclic) bond motifs is 1. The van der Waals surface area contributed by atoms with Crippen molar-refractivity contribution >= 4 is 28.4 Å². The molecule has 10 heteroatoms. The van der Waals surface area contributed by atoms with Crippen LogP contribution in [0.5, 0.6) is 0 Å². The number of nitrogens with zero attached hydrogens (tertiary/aromatic N) is 5. The van der Waals surface area contributed by atoms with E-state index in [1.165, 1.54) is 13.0 Å². The fraction of sp³-hybridized carbons (Fsp3) is 0.455. The number of nitrogens with one attached hydrogen (secondary N) is 1. The molecule has 1 fully saturated rings. The molecule has 0 spiro atoms. The van der Waals surface area contributed by atoms with E-state index in [1.54, 1.807) is 29.9 Å². The molecule has 1 N–H and O–H groups in total. The van der Waals surface area contributed by atoms with Crippen molar-refractivity contribution in [3.05, 3.63) is 35.8 Å². The van der Waals surface area contributed by atoms with Gasteiger partial charge in [0.25, 0.3) is 5.92 Å². The Kier molecular flexibility index (Phi) is 5.81. The molecule has 1 atom stereocenters. The van der Waals surface area contributed by atoms with E-state index < -0.39 is 5.92 Å². The minimum atomic E-state index is -3.09. The number of hydrogen-bond acceptors (Lipinski definition) is 6. The van der Waals surface area contributed by atoms with E-state index >= 15 is 0 Å². The summed E-state index contributed by atoms with van der Waals surface area (Å²) in [5.74, 6) is -2.29. The third-order valence-electron chi connectivity index (χ3n) is 5.33. The molecule has 3 aromatic rings. The van der Waals surface area contributed by atoms with Crippen LogP contribution in [0.25, 0.3) is 16.6 Å². The molecule has 0 unspecified atom stereocenters. The minimum Gasteiger partial charge on any atom is -0.377 e. The van der Waals surface area contributed by atoms with Gasteiger partial charge in [-0.2, -0.15) is 8.78 Å². The van der Waals surface area contributed by atoms with Crippen molar-refractivity contribution < 1.29 is 18.3 Å². The minimum absolute atomic E-state index is 0.111. The van der Waals surface area contributed by atoms with Gasteiger partial charge in [-0.05, 0) is 32.4 Å². The first kappa shape index (κ1) is 22.1. The van der Waals surface area contributed by atoms with Gasteiger partial charge in [0, 0.05) is 51.5 Å². The second-order valence-corrected chi connectivity index (χ2v) is 8.06. The average molecular weight is 444 g/mol. The summed E-state index contributed by atoms with van der Waals surface area (Å²) >= 11 is 0. The largest absolute Gasteiger partial charge is 0.377 e. The van der Waals surface area contributed by atoms with Crippen LogP contribution >= 0.6 is 0 Å². The zero-order valence-electron chi connectivity index (χ0n) is 18.5. The lowest BCUT2D eigenvalue weighted by atomic mass is 10.2. The van der Waals surface area contributed by atoms with Crippen LogP contribution in [0.4, 0.5) is 20.4 Å². The van der Waals surface area contributed by atoms with E-state index in [9.17, 15) is 13.6 Å². The molecule has 0 aliphatic carbocycles. The number of carbonyl (C=O) groups is 1. The van der Waals surface area contributed by atoms with Crippen LogP contribution in [-0.2, 0) is 15.5 Å². The Hall–Kier alpha value is -3.14. The van der Waals surface area contributed by atoms with Crippen LogP contribution in [0.1, 0.15) is 38.6 Å². The number of anilines is 2. The zero-order chi connectivity index (χ0) is 23.0. The Morgan fingerprint density at radius 2 is 2.12 bits per heavy atom. The summed E-state index contributed by atoms with van der Waals surface area (Å²) in [5, 5.41) is 8.21. The molecule has 32 heavy (non-hydrogen) atoms. The highest BCUT2D eigenvalue weighted by Crippen LogP contribution is 2.33. The number of hydrogen-bond donors (Lipinski definition) is 1. The van der Waals surface area contributed by atoms with Gasteiger partial charge in [0.2, 0.25) is 5.91 Å². The van der Waals surface area contributed by atoms with E-state index in [4.69, 9.17) is 9.84 Å². The predicted molar refractivity (Wildman–Crippen MR) is 118 cm³/mol. The standard InChI is InChI=1S/C22H26F2N6O2/c1-5-32-16-6-7-29(12-16)21-17-11-25-20(27-14(3)31)10-18(17)30(28-21)15-8-13(2)26-19(9-15)22(4,23)24/h8-11,16H,5-7,12H2,1-4H3,(H,25,27,31)/t16-/m1/s1. The van der Waals surface area contributed by atoms with Gasteiger partial charge >= 0.3 is 0 Å². The Morgan fingerprint density at radius 3 is 2.81 bits per heavy atom. The Bertz CT molecular complexity index is 1160. The topological polar surface area (TPSA) is 85.2 Å². The summed E-state index contributed by atoms with van der Waals surface area (Å²) in [6.07, 6.45) is 2.64. The number of ether oxygens (including phenoxy) is 1. The summed E-state index contributed by atoms with van der Waals surface area (Å²) in [5.41, 5.74) is 1.24. The highest BCUT2D eigenvalue weighted by atomic mass is 19.3. The first-order chi connectivity index (χ1) is 15.2. The Labute approximate surface area is 184 Å². The van der Waals surface area contributed by atoms with Gasteiger partial charge in [-0.3, -0.25) is 9.78 Å². The van der Waals surface area contributed by atoms with Crippen molar-refractivity contribution in [3.63, 3.8) is 0 Å². The van der Waals surface area contributed by atoms with Crippen molar-refractivity contribution in [1.29, 1.82) is 0 Å². The van der Waals surface area contributed by atoms with Gasteiger partial charge in [-0.25, -0.2) is 9.67 Å². The predicted octanol–water partition coefficient (Wildman–Crippen LogP) is 3.81. The highest BCUT2D eigenvalue weighted by Gasteiger charge is 2.29. The normalized spacial score (nSPS) is 16.7. The van der Waals surface area contributed by atoms with Gasteiger partial charge in [-0.1, -0.05) is 0 Å². The SMILES string of the molecule is CCO[C@@H]1CCN(c2nn(-c3cc(C)nc(C(C)(F)F)c3)c3cc(NC(C)=O)ncc23)C1. The third kappa shape index (κ3) is 4.40. The number of aryl methyl sites for hydroxylation is 1. The number of carbonyl (C=O) groups excluding carboxylic acids is 1. The molecule has 1 amide bonds. The maximum atomic E-state index is 14.0. The number of rotatable bonds is 6. The van der Waals surface area contributed by atoms with Gasteiger partial charge in [0.05, 0.1) is 22.7 Å². The summed E-state index contributed by atoms with van der Waals surface area (Å²) in [6.45, 7) is 7.94. The number of halogens is 2. The fourth-order valence-electron chi connectivity index (χ4n) is 3.96. The number of pyridine rings is 2. The third-order valence-corrected chi connectivity index (χ3v) is 5.33. The molecule has 1 aliphatic rings. The molecule has 0 saturated carbocycles. The molecule has 1 saturated heterocycles. The van der Waals surface area contributed by atoms with Crippen LogP contribution in [0.2, 0.25) is 0 Å². The lowest BCUT2D eigenvalue weighted by Gasteiger charge is -2.16. The molecule has 0 radical (unpaired) electrons. The van der Waals surface area contributed by atoms with Gasteiger partial charge in [0.15, 0.2) is 5.82 Å². The first-order valence-electron chi connectivity index (χ1n) is 10.6. The number of amides is 1. The van der Waals surface area contributed by atoms with Crippen molar-refractivity contribution in [2.24, 2.45) is 0 Å². The van der Waals surface area contributed by atoms with Crippen LogP contribution in [0.15, 0.2) is 24.4 Å². The maximum absolute atomic E-state index is 14.0. The Morgan fingerprint density at radius 1 is 1.34 bits per heavy atom. The first-order valence-corrected chi connectivity index (χ1v) is 10.6. The molecular weight excluding hydrogens is 418 g/mol. The van der Waals surface area contributed by atoms with E-state index in [0.717, 1.165) is 25.3 Å². The molecule has 1 aliphatic heterocycles. The number of aromatic nitrogens is 4. The van der Waals surface area contributed by atoms with Crippen molar-refractivity contribution in [2.75, 3.05) is 29.9 Å². The highest BCUT2D eigenvalue weighted by molar-refractivity contribution is 5.95. The van der Waals surface area contributed by atoms with E-state index in [-0.39, 0.29) is 17.7 Å². The van der Waals surface area contributed by atoms with Crippen molar-refractivity contribution in [3.8, 4) is 5.69 Å². The zero-order valence-corrected chi connectivity index (χ0v) is 18.5. The summed E-state index contributed by atoms with van der Waals surface area (Å²) in [4.78, 5) is 22.0. The monoisotopic (exact) mass is 444 g/mol. The smallest absolute Gasteiger partial charge is 0.287 e. The van der Waals surface area contributed by atoms with Gasteiger partial charge in [-0.15, -0.1) is 5.10 Å². The molecule has 8 nitrogen and oxygen atoms in total. The van der Waals surface area contributed by atoms with Gasteiger partial charge < -0.3 is 15.0 Å². The maximum Gasteiger partial charge on any atom is 0.287 e. The van der Waals surface area contributed by atoms with Crippen LogP contribution in [0.3, 0.4) is 0 Å². The van der Waals surface area contributed by atoms with Crippen LogP contribution in [-0.4, -0.2) is 51.5 Å². The fourth-order valence-corrected chi connectivity index (χ4v) is 3.96. The summed E-state index contributed by atoms with van der Waals surface area (Å²) in [6, 6.07) is 4.74. The molecular formula is C22H26F2N6O2. The van der Waals surface area contributed by atoms with Gasteiger partial charge in [0.1, 0.15) is 11.5 Å². The van der Waals surface area contributed by atoms with Crippen molar-refractivity contribution in [2.45, 2.75) is 46.1 Å². The molecule has 4 heterocycles. The molecule has 3 aromatic heterocycles. The van der Waals surface area contributed by atoms with Crippen LogP contribution < -0.4 is 10.2 Å². The molecule has 4 rings (SSSR count). The second-order valence-electron chi connectivity index (χ2n) is 8.06. The lowest BCUT2D eigenvalue weighted by molar-refractivity contribution is -0.114. The summed E-state index contributed by atoms with van der Waals surface area (Å²) in [7, 11) is 0. The second kappa shape index (κ2) is 8.42. The Balaban J connectivity index is 1.86. The summed E-state index contributed by atoms with van der Waals surface area (Å²) < 4.78 is 35.5. The number of alkyl halides is 2. The molecule has 170 valence electrons. The average Bonchev–Trinajstić information content (AvgIpc) is 3.31. The quantitative estimate of drug-likeness (QED) is 0.622.